The summed E-state index contributed by atoms with van der Waals surface area (Å²) in [7, 11) is 0. The molecule has 0 bridgehead atoms. The Bertz CT molecular complexity index is 588. The summed E-state index contributed by atoms with van der Waals surface area (Å²) in [5, 5.41) is 3.36. The first-order valence-electron chi connectivity index (χ1n) is 7.46. The van der Waals surface area contributed by atoms with E-state index in [4.69, 9.17) is 0 Å². The molecule has 1 atom stereocenters. The second kappa shape index (κ2) is 6.35. The molecule has 3 rings (SSSR count). The van der Waals surface area contributed by atoms with Gasteiger partial charge in [-0.1, -0.05) is 23.8 Å². The molecule has 1 fully saturated rings. The summed E-state index contributed by atoms with van der Waals surface area (Å²) < 4.78 is 26.4. The molecule has 0 aromatic heterocycles. The van der Waals surface area contributed by atoms with E-state index in [1.165, 1.54) is 23.3 Å². The Labute approximate surface area is 124 Å². The van der Waals surface area contributed by atoms with Gasteiger partial charge >= 0.3 is 0 Å². The van der Waals surface area contributed by atoms with Crippen molar-refractivity contribution in [2.75, 3.05) is 13.1 Å². The lowest BCUT2D eigenvalue weighted by Crippen LogP contribution is -2.24. The molecule has 1 saturated heterocycles. The van der Waals surface area contributed by atoms with Crippen molar-refractivity contribution in [3.8, 4) is 0 Å². The molecular weight excluding hydrogens is 268 g/mol. The van der Waals surface area contributed by atoms with E-state index in [0.717, 1.165) is 31.5 Å². The molecule has 21 heavy (non-hydrogen) atoms. The van der Waals surface area contributed by atoms with Crippen LogP contribution in [0.3, 0.4) is 0 Å². The Kier molecular flexibility index (Phi) is 4.30. The van der Waals surface area contributed by atoms with Crippen molar-refractivity contribution in [1.82, 2.24) is 5.32 Å². The molecule has 0 spiro atoms. The van der Waals surface area contributed by atoms with Crippen LogP contribution in [0.25, 0.3) is 5.57 Å². The highest BCUT2D eigenvalue weighted by Gasteiger charge is 2.20. The van der Waals surface area contributed by atoms with E-state index in [2.05, 4.69) is 5.32 Å². The van der Waals surface area contributed by atoms with Crippen LogP contribution >= 0.6 is 0 Å². The van der Waals surface area contributed by atoms with E-state index in [0.29, 0.717) is 6.42 Å². The third kappa shape index (κ3) is 3.30. The van der Waals surface area contributed by atoms with Gasteiger partial charge < -0.3 is 5.32 Å². The van der Waals surface area contributed by atoms with Crippen molar-refractivity contribution in [3.05, 3.63) is 65.3 Å². The predicted octanol–water partition coefficient (Wildman–Crippen LogP) is 4.39. The van der Waals surface area contributed by atoms with Crippen LogP contribution in [-0.2, 0) is 0 Å². The fraction of sp³-hybridized carbons (Fsp3) is 0.333. The molecule has 1 aliphatic carbocycles. The molecule has 0 radical (unpaired) electrons. The number of hydrogen-bond acceptors (Lipinski definition) is 1. The van der Waals surface area contributed by atoms with Crippen LogP contribution < -0.4 is 5.32 Å². The molecule has 1 nitrogen and oxygen atoms in total. The normalized spacial score (nSPS) is 22.1. The molecule has 0 amide bonds. The lowest BCUT2D eigenvalue weighted by atomic mass is 9.82. The number of halogens is 2. The van der Waals surface area contributed by atoms with E-state index < -0.39 is 0 Å². The second-order valence-corrected chi connectivity index (χ2v) is 5.56. The van der Waals surface area contributed by atoms with Crippen molar-refractivity contribution < 1.29 is 8.78 Å². The number of hydrogen-bond donors (Lipinski definition) is 1. The third-order valence-electron chi connectivity index (χ3n) is 4.17. The van der Waals surface area contributed by atoms with Gasteiger partial charge in [0.05, 0.1) is 0 Å². The molecule has 0 saturated carbocycles. The molecule has 110 valence electrons. The molecule has 3 heteroatoms. The zero-order valence-corrected chi connectivity index (χ0v) is 11.9. The first-order valence-corrected chi connectivity index (χ1v) is 7.46. The SMILES string of the molecule is FC1=CCC(C(=C2CCNCC2)c2ccc(F)cc2)C=C1. The average molecular weight is 287 g/mol. The summed E-state index contributed by atoms with van der Waals surface area (Å²) in [4.78, 5) is 0. The van der Waals surface area contributed by atoms with Gasteiger partial charge in [-0.15, -0.1) is 0 Å². The van der Waals surface area contributed by atoms with Crippen LogP contribution in [0.4, 0.5) is 8.78 Å². The maximum absolute atomic E-state index is 13.2. The van der Waals surface area contributed by atoms with Gasteiger partial charge in [0, 0.05) is 5.92 Å². The fourth-order valence-electron chi connectivity index (χ4n) is 3.12. The molecule has 1 aromatic carbocycles. The van der Waals surface area contributed by atoms with Crippen LogP contribution in [-0.4, -0.2) is 13.1 Å². The maximum atomic E-state index is 13.2. The smallest absolute Gasteiger partial charge is 0.123 e. The van der Waals surface area contributed by atoms with Gasteiger partial charge in [0.15, 0.2) is 0 Å². The van der Waals surface area contributed by atoms with Gasteiger partial charge in [0.25, 0.3) is 0 Å². The lowest BCUT2D eigenvalue weighted by Gasteiger charge is -2.26. The van der Waals surface area contributed by atoms with Crippen molar-refractivity contribution in [3.63, 3.8) is 0 Å². The van der Waals surface area contributed by atoms with Crippen LogP contribution in [0, 0.1) is 11.7 Å². The topological polar surface area (TPSA) is 12.0 Å². The zero-order valence-electron chi connectivity index (χ0n) is 11.9. The highest BCUT2D eigenvalue weighted by Crippen LogP contribution is 2.36. The largest absolute Gasteiger partial charge is 0.316 e. The van der Waals surface area contributed by atoms with Crippen LogP contribution in [0.15, 0.2) is 53.9 Å². The van der Waals surface area contributed by atoms with Gasteiger partial charge in [-0.05, 0) is 67.8 Å². The Morgan fingerprint density at radius 2 is 1.76 bits per heavy atom. The average Bonchev–Trinajstić information content (AvgIpc) is 2.52. The Balaban J connectivity index is 1.99. The number of benzene rings is 1. The molecule has 1 unspecified atom stereocenters. The standard InChI is InChI=1S/C18H19F2N/c19-16-5-1-13(2-6-16)18(15-9-11-21-12-10-15)14-3-7-17(20)8-4-14/h1-3,5-8,14,21H,4,9-12H2. The van der Waals surface area contributed by atoms with Gasteiger partial charge in [0.2, 0.25) is 0 Å². The molecule has 1 N–H and O–H groups in total. The second-order valence-electron chi connectivity index (χ2n) is 5.56. The zero-order chi connectivity index (χ0) is 14.7. The summed E-state index contributed by atoms with van der Waals surface area (Å²) in [6.45, 7) is 1.95. The molecule has 1 heterocycles. The minimum absolute atomic E-state index is 0.167. The van der Waals surface area contributed by atoms with Crippen molar-refractivity contribution in [1.29, 1.82) is 0 Å². The van der Waals surface area contributed by atoms with Crippen molar-refractivity contribution >= 4 is 5.57 Å². The van der Waals surface area contributed by atoms with E-state index >= 15 is 0 Å². The quantitative estimate of drug-likeness (QED) is 0.850. The highest BCUT2D eigenvalue weighted by atomic mass is 19.1. The third-order valence-corrected chi connectivity index (χ3v) is 4.17. The number of allylic oxidation sites excluding steroid dienone is 5. The molecule has 2 aliphatic rings. The van der Waals surface area contributed by atoms with Crippen molar-refractivity contribution in [2.24, 2.45) is 5.92 Å². The minimum atomic E-state index is -0.224. The molecule has 1 aliphatic heterocycles. The molecular formula is C18H19F2N. The van der Waals surface area contributed by atoms with Crippen molar-refractivity contribution in [2.45, 2.75) is 19.3 Å². The van der Waals surface area contributed by atoms with E-state index in [9.17, 15) is 8.78 Å². The van der Waals surface area contributed by atoms with E-state index in [1.807, 2.05) is 18.2 Å². The first kappa shape index (κ1) is 14.2. The number of nitrogens with one attached hydrogen (secondary N) is 1. The van der Waals surface area contributed by atoms with Gasteiger partial charge in [-0.3, -0.25) is 0 Å². The summed E-state index contributed by atoms with van der Waals surface area (Å²) in [5.41, 5.74) is 3.71. The maximum Gasteiger partial charge on any atom is 0.123 e. The number of rotatable bonds is 2. The van der Waals surface area contributed by atoms with E-state index in [-0.39, 0.29) is 17.6 Å². The van der Waals surface area contributed by atoms with Crippen LogP contribution in [0.1, 0.15) is 24.8 Å². The lowest BCUT2D eigenvalue weighted by molar-refractivity contribution is 0.603. The predicted molar refractivity (Wildman–Crippen MR) is 81.9 cm³/mol. The minimum Gasteiger partial charge on any atom is -0.316 e. The summed E-state index contributed by atoms with van der Waals surface area (Å²) >= 11 is 0. The summed E-state index contributed by atoms with van der Waals surface area (Å²) in [6.07, 6.45) is 7.79. The fourth-order valence-corrected chi connectivity index (χ4v) is 3.12. The Morgan fingerprint density at radius 1 is 1.05 bits per heavy atom. The summed E-state index contributed by atoms with van der Waals surface area (Å²) in [5.74, 6) is -0.207. The molecule has 1 aromatic rings. The van der Waals surface area contributed by atoms with E-state index in [1.54, 1.807) is 12.2 Å². The van der Waals surface area contributed by atoms with Gasteiger partial charge in [0.1, 0.15) is 11.6 Å². The van der Waals surface area contributed by atoms with Gasteiger partial charge in [-0.2, -0.15) is 0 Å². The Hall–Kier alpha value is -1.74. The monoisotopic (exact) mass is 287 g/mol. The Morgan fingerprint density at radius 3 is 2.38 bits per heavy atom. The van der Waals surface area contributed by atoms with Crippen LogP contribution in [0.5, 0.6) is 0 Å². The van der Waals surface area contributed by atoms with Gasteiger partial charge in [-0.25, -0.2) is 8.78 Å². The number of piperidine rings is 1. The van der Waals surface area contributed by atoms with Crippen LogP contribution in [0.2, 0.25) is 0 Å². The first-order chi connectivity index (χ1) is 10.2. The highest BCUT2D eigenvalue weighted by molar-refractivity contribution is 5.72. The summed E-state index contributed by atoms with van der Waals surface area (Å²) in [6, 6.07) is 6.67.